The van der Waals surface area contributed by atoms with Crippen LogP contribution in [0.4, 0.5) is 10.5 Å². The monoisotopic (exact) mass is 359 g/mol. The van der Waals surface area contributed by atoms with Crippen LogP contribution in [0.1, 0.15) is 19.8 Å². The summed E-state index contributed by atoms with van der Waals surface area (Å²) in [5.74, 6) is 0. The number of nitrogens with one attached hydrogen (secondary N) is 2. The van der Waals surface area contributed by atoms with Gasteiger partial charge in [-0.05, 0) is 59.7 Å². The Bertz CT molecular complexity index is 748. The van der Waals surface area contributed by atoms with Crippen LogP contribution in [0.2, 0.25) is 5.02 Å². The van der Waals surface area contributed by atoms with Crippen molar-refractivity contribution in [2.75, 3.05) is 19.0 Å². The van der Waals surface area contributed by atoms with Gasteiger partial charge in [0.2, 0.25) is 0 Å². The number of halogens is 1. The summed E-state index contributed by atoms with van der Waals surface area (Å²) in [5, 5.41) is 6.46. The molecule has 1 saturated carbocycles. The highest BCUT2D eigenvalue weighted by Gasteiger charge is 2.45. The molecule has 25 heavy (non-hydrogen) atoms. The summed E-state index contributed by atoms with van der Waals surface area (Å²) < 4.78 is 5.25. The Morgan fingerprint density at radius 1 is 1.28 bits per heavy atom. The third-order valence-electron chi connectivity index (χ3n) is 4.69. The number of carbonyl (C=O) groups excluding carboxylic acids is 1. The number of hydrogen-bond donors (Lipinski definition) is 2. The molecule has 0 spiro atoms. The largest absolute Gasteiger partial charge is 0.383 e. The Morgan fingerprint density at radius 2 is 2.00 bits per heavy atom. The summed E-state index contributed by atoms with van der Waals surface area (Å²) in [7, 11) is 1.65. The van der Waals surface area contributed by atoms with Crippen LogP contribution >= 0.6 is 11.6 Å². The number of rotatable bonds is 6. The number of benzene rings is 1. The number of hydrogen-bond acceptors (Lipinski definition) is 3. The molecule has 0 aliphatic heterocycles. The van der Waals surface area contributed by atoms with Crippen LogP contribution in [0, 0.1) is 5.41 Å². The molecule has 0 saturated heterocycles. The van der Waals surface area contributed by atoms with Crippen molar-refractivity contribution in [3.63, 3.8) is 0 Å². The molecule has 2 aromatic rings. The molecule has 1 aromatic carbocycles. The van der Waals surface area contributed by atoms with Crippen LogP contribution in [-0.2, 0) is 4.74 Å². The second kappa shape index (κ2) is 7.42. The minimum absolute atomic E-state index is 0.00338. The van der Waals surface area contributed by atoms with Crippen molar-refractivity contribution < 1.29 is 9.53 Å². The van der Waals surface area contributed by atoms with E-state index >= 15 is 0 Å². The van der Waals surface area contributed by atoms with E-state index in [1.54, 1.807) is 25.6 Å². The highest BCUT2D eigenvalue weighted by atomic mass is 35.5. The summed E-state index contributed by atoms with van der Waals surface area (Å²) in [6, 6.07) is 9.03. The Labute approximate surface area is 152 Å². The summed E-state index contributed by atoms with van der Waals surface area (Å²) >= 11 is 6.21. The zero-order valence-electron chi connectivity index (χ0n) is 14.4. The summed E-state index contributed by atoms with van der Waals surface area (Å²) in [6.07, 6.45) is 5.65. The van der Waals surface area contributed by atoms with Crippen LogP contribution in [0.5, 0.6) is 0 Å². The number of aromatic nitrogens is 1. The van der Waals surface area contributed by atoms with E-state index in [1.165, 1.54) is 0 Å². The zero-order valence-corrected chi connectivity index (χ0v) is 15.1. The van der Waals surface area contributed by atoms with Crippen LogP contribution < -0.4 is 10.6 Å². The van der Waals surface area contributed by atoms with E-state index < -0.39 is 0 Å². The van der Waals surface area contributed by atoms with Crippen LogP contribution in [0.15, 0.2) is 42.7 Å². The second-order valence-corrected chi connectivity index (χ2v) is 7.16. The first-order valence-corrected chi connectivity index (χ1v) is 8.65. The molecule has 1 aromatic heterocycles. The summed E-state index contributed by atoms with van der Waals surface area (Å²) in [4.78, 5) is 16.4. The first-order chi connectivity index (χ1) is 12.0. The number of anilines is 1. The lowest BCUT2D eigenvalue weighted by atomic mass is 10.00. The average Bonchev–Trinajstić information content (AvgIpc) is 3.33. The molecule has 1 fully saturated rings. The van der Waals surface area contributed by atoms with Gasteiger partial charge in [-0.2, -0.15) is 0 Å². The normalized spacial score (nSPS) is 16.1. The highest BCUT2D eigenvalue weighted by molar-refractivity contribution is 6.31. The third kappa shape index (κ3) is 4.50. The molecule has 2 amide bonds. The van der Waals surface area contributed by atoms with Gasteiger partial charge in [0.25, 0.3) is 0 Å². The third-order valence-corrected chi connectivity index (χ3v) is 4.91. The van der Waals surface area contributed by atoms with Crippen molar-refractivity contribution in [2.24, 2.45) is 5.41 Å². The quantitative estimate of drug-likeness (QED) is 0.806. The SMILES string of the molecule is COCC(NC(=O)Nc1cc(Cl)cc(-c2ccncc2)c1)C1(C)CC1. The maximum absolute atomic E-state index is 12.4. The van der Waals surface area contributed by atoms with Crippen molar-refractivity contribution in [1.29, 1.82) is 0 Å². The number of amides is 2. The summed E-state index contributed by atoms with van der Waals surface area (Å²) in [6.45, 7) is 2.67. The van der Waals surface area contributed by atoms with Crippen LogP contribution in [0.3, 0.4) is 0 Å². The van der Waals surface area contributed by atoms with Crippen molar-refractivity contribution in [3.8, 4) is 11.1 Å². The molecule has 6 heteroatoms. The zero-order chi connectivity index (χ0) is 17.9. The van der Waals surface area contributed by atoms with Gasteiger partial charge in [-0.1, -0.05) is 18.5 Å². The number of nitrogens with zero attached hydrogens (tertiary/aromatic N) is 1. The van der Waals surface area contributed by atoms with E-state index in [-0.39, 0.29) is 17.5 Å². The lowest BCUT2D eigenvalue weighted by Gasteiger charge is -2.24. The Morgan fingerprint density at radius 3 is 2.64 bits per heavy atom. The van der Waals surface area contributed by atoms with E-state index in [0.29, 0.717) is 17.3 Å². The lowest BCUT2D eigenvalue weighted by molar-refractivity contribution is 0.140. The molecule has 1 heterocycles. The molecule has 132 valence electrons. The Balaban J connectivity index is 1.72. The van der Waals surface area contributed by atoms with Crippen LogP contribution in [-0.4, -0.2) is 30.8 Å². The number of urea groups is 1. The lowest BCUT2D eigenvalue weighted by Crippen LogP contribution is -2.45. The molecule has 1 aliphatic rings. The molecule has 3 rings (SSSR count). The predicted octanol–water partition coefficient (Wildman–Crippen LogP) is 4.34. The van der Waals surface area contributed by atoms with E-state index in [1.807, 2.05) is 24.3 Å². The van der Waals surface area contributed by atoms with E-state index in [2.05, 4.69) is 22.5 Å². The van der Waals surface area contributed by atoms with Gasteiger partial charge in [0.1, 0.15) is 0 Å². The number of ether oxygens (including phenoxy) is 1. The molecule has 2 N–H and O–H groups in total. The van der Waals surface area contributed by atoms with Crippen molar-refractivity contribution in [1.82, 2.24) is 10.3 Å². The van der Waals surface area contributed by atoms with Crippen LogP contribution in [0.25, 0.3) is 11.1 Å². The summed E-state index contributed by atoms with van der Waals surface area (Å²) in [5.41, 5.74) is 2.69. The topological polar surface area (TPSA) is 63.2 Å². The van der Waals surface area contributed by atoms with Gasteiger partial charge in [-0.25, -0.2) is 4.79 Å². The number of carbonyl (C=O) groups is 1. The molecule has 0 bridgehead atoms. The van der Waals surface area contributed by atoms with Gasteiger partial charge in [-0.15, -0.1) is 0 Å². The van der Waals surface area contributed by atoms with Crippen molar-refractivity contribution >= 4 is 23.3 Å². The smallest absolute Gasteiger partial charge is 0.319 e. The van der Waals surface area contributed by atoms with Gasteiger partial charge in [0.05, 0.1) is 12.6 Å². The van der Waals surface area contributed by atoms with Gasteiger partial charge >= 0.3 is 6.03 Å². The molecule has 1 atom stereocenters. The van der Waals surface area contributed by atoms with Gasteiger partial charge < -0.3 is 15.4 Å². The minimum atomic E-state index is -0.252. The Kier molecular flexibility index (Phi) is 5.25. The second-order valence-electron chi connectivity index (χ2n) is 6.72. The van der Waals surface area contributed by atoms with E-state index in [4.69, 9.17) is 16.3 Å². The average molecular weight is 360 g/mol. The molecular weight excluding hydrogens is 338 g/mol. The molecule has 1 aliphatic carbocycles. The van der Waals surface area contributed by atoms with Crippen molar-refractivity contribution in [3.05, 3.63) is 47.7 Å². The fraction of sp³-hybridized carbons (Fsp3) is 0.368. The fourth-order valence-electron chi connectivity index (χ4n) is 2.83. The minimum Gasteiger partial charge on any atom is -0.383 e. The first kappa shape index (κ1) is 17.7. The molecular formula is C19H22ClN3O2. The van der Waals surface area contributed by atoms with Gasteiger partial charge in [0.15, 0.2) is 0 Å². The maximum Gasteiger partial charge on any atom is 0.319 e. The van der Waals surface area contributed by atoms with E-state index in [0.717, 1.165) is 24.0 Å². The molecule has 5 nitrogen and oxygen atoms in total. The standard InChI is InChI=1S/C19H22ClN3O2/c1-19(5-6-19)17(12-25-2)23-18(24)22-16-10-14(9-15(20)11-16)13-3-7-21-8-4-13/h3-4,7-11,17H,5-6,12H2,1-2H3,(H2,22,23,24). The van der Waals surface area contributed by atoms with Gasteiger partial charge in [0, 0.05) is 30.2 Å². The first-order valence-electron chi connectivity index (χ1n) is 8.28. The Hall–Kier alpha value is -2.11. The number of methoxy groups -OCH3 is 1. The number of pyridine rings is 1. The highest BCUT2D eigenvalue weighted by Crippen LogP contribution is 2.48. The fourth-order valence-corrected chi connectivity index (χ4v) is 3.06. The molecule has 1 unspecified atom stereocenters. The van der Waals surface area contributed by atoms with Crippen molar-refractivity contribution in [2.45, 2.75) is 25.8 Å². The maximum atomic E-state index is 12.4. The van der Waals surface area contributed by atoms with Gasteiger partial charge in [-0.3, -0.25) is 4.98 Å². The molecule has 0 radical (unpaired) electrons. The van der Waals surface area contributed by atoms with E-state index in [9.17, 15) is 4.79 Å². The predicted molar refractivity (Wildman–Crippen MR) is 99.8 cm³/mol.